The molecule has 0 amide bonds. The highest BCUT2D eigenvalue weighted by Gasteiger charge is 2.59. The highest BCUT2D eigenvalue weighted by molar-refractivity contribution is 9.09. The largest absolute Gasteiger partial charge is 0.460 e. The van der Waals surface area contributed by atoms with Gasteiger partial charge in [0.1, 0.15) is 23.2 Å². The van der Waals surface area contributed by atoms with Crippen LogP contribution in [0.1, 0.15) is 13.8 Å². The summed E-state index contributed by atoms with van der Waals surface area (Å²) in [7, 11) is -2.70. The lowest BCUT2D eigenvalue weighted by atomic mass is 10.3. The molecular weight excluding hydrogens is 459 g/mol. The zero-order valence-electron chi connectivity index (χ0n) is 17.1. The van der Waals surface area contributed by atoms with Gasteiger partial charge in [0.25, 0.3) is 0 Å². The average molecular weight is 484 g/mol. The molecule has 0 N–H and O–H groups in total. The lowest BCUT2D eigenvalue weighted by Crippen LogP contribution is -2.48. The molecule has 0 aliphatic carbocycles. The van der Waals surface area contributed by atoms with E-state index < -0.39 is 18.9 Å². The molecule has 3 aromatic carbocycles. The van der Waals surface area contributed by atoms with Crippen molar-refractivity contribution in [2.45, 2.75) is 25.6 Å². The topological polar surface area (TPSA) is 43.4 Å². The van der Waals surface area contributed by atoms with E-state index in [4.69, 9.17) is 4.74 Å². The monoisotopic (exact) mass is 483 g/mol. The molecular formula is C25H25BrO3P+. The molecule has 0 spiro atoms. The number of carbonyl (C=O) groups excluding carboxylic acids is 2. The zero-order chi connectivity index (χ0) is 21.6. The van der Waals surface area contributed by atoms with Crippen LogP contribution in [-0.4, -0.2) is 28.8 Å². The number of hydrogen-bond acceptors (Lipinski definition) is 3. The van der Waals surface area contributed by atoms with E-state index in [1.54, 1.807) is 13.8 Å². The van der Waals surface area contributed by atoms with Gasteiger partial charge in [-0.1, -0.05) is 70.5 Å². The number of esters is 1. The number of ketones is 1. The minimum Gasteiger partial charge on any atom is -0.460 e. The number of halogens is 1. The van der Waals surface area contributed by atoms with Crippen molar-refractivity contribution in [3.8, 4) is 0 Å². The van der Waals surface area contributed by atoms with Crippen LogP contribution in [0.25, 0.3) is 0 Å². The summed E-state index contributed by atoms with van der Waals surface area (Å²) in [5.74, 6) is -0.648. The van der Waals surface area contributed by atoms with E-state index in [0.29, 0.717) is 0 Å². The van der Waals surface area contributed by atoms with E-state index in [9.17, 15) is 9.59 Å². The lowest BCUT2D eigenvalue weighted by molar-refractivity contribution is -0.148. The predicted octanol–water partition coefficient (Wildman–Crippen LogP) is 4.26. The molecule has 0 aliphatic heterocycles. The van der Waals surface area contributed by atoms with Gasteiger partial charge in [-0.15, -0.1) is 0 Å². The van der Waals surface area contributed by atoms with Crippen molar-refractivity contribution in [3.63, 3.8) is 0 Å². The van der Waals surface area contributed by atoms with Gasteiger partial charge in [0.15, 0.2) is 5.78 Å². The third-order valence-electron chi connectivity index (χ3n) is 4.89. The Balaban J connectivity index is 2.43. The van der Waals surface area contributed by atoms with Gasteiger partial charge in [0, 0.05) is 0 Å². The first-order valence-electron chi connectivity index (χ1n) is 9.86. The number of Topliss-reactive ketones (excluding diaryl/α,β-unsaturated/α-hetero) is 1. The van der Waals surface area contributed by atoms with Crippen LogP contribution in [-0.2, 0) is 14.3 Å². The van der Waals surface area contributed by atoms with Crippen molar-refractivity contribution in [3.05, 3.63) is 91.0 Å². The quantitative estimate of drug-likeness (QED) is 0.208. The molecule has 154 valence electrons. The Labute approximate surface area is 186 Å². The van der Waals surface area contributed by atoms with Crippen LogP contribution in [0, 0.1) is 0 Å². The molecule has 0 saturated carbocycles. The van der Waals surface area contributed by atoms with Gasteiger partial charge in [-0.05, 0) is 50.2 Å². The SMILES string of the molecule is CC(C)OC(=O)C(C(=O)CBr)[P+](c1ccccc1)(c1ccccc1)c1ccccc1. The van der Waals surface area contributed by atoms with Crippen molar-refractivity contribution in [2.24, 2.45) is 0 Å². The Morgan fingerprint density at radius 1 is 0.767 bits per heavy atom. The maximum Gasteiger partial charge on any atom is 0.356 e. The highest BCUT2D eigenvalue weighted by Crippen LogP contribution is 2.60. The molecule has 0 fully saturated rings. The van der Waals surface area contributed by atoms with E-state index in [0.717, 1.165) is 15.9 Å². The van der Waals surface area contributed by atoms with Crippen LogP contribution in [0.5, 0.6) is 0 Å². The molecule has 5 heteroatoms. The molecule has 30 heavy (non-hydrogen) atoms. The summed E-state index contributed by atoms with van der Waals surface area (Å²) >= 11 is 3.32. The van der Waals surface area contributed by atoms with Crippen LogP contribution >= 0.6 is 23.2 Å². The van der Waals surface area contributed by atoms with E-state index in [-0.39, 0.29) is 17.2 Å². The van der Waals surface area contributed by atoms with Gasteiger partial charge in [-0.2, -0.15) is 0 Å². The van der Waals surface area contributed by atoms with Crippen molar-refractivity contribution in [2.75, 3.05) is 5.33 Å². The molecule has 0 bridgehead atoms. The second-order valence-corrected chi connectivity index (χ2v) is 11.3. The third-order valence-corrected chi connectivity index (χ3v) is 10.1. The summed E-state index contributed by atoms with van der Waals surface area (Å²) in [6.07, 6.45) is -0.313. The fourth-order valence-electron chi connectivity index (χ4n) is 3.76. The Bertz CT molecular complexity index is 878. The Hall–Kier alpha value is -2.29. The third kappa shape index (κ3) is 4.40. The maximum absolute atomic E-state index is 13.5. The first kappa shape index (κ1) is 22.4. The predicted molar refractivity (Wildman–Crippen MR) is 129 cm³/mol. The smallest absolute Gasteiger partial charge is 0.356 e. The second kappa shape index (κ2) is 10.1. The molecule has 1 unspecified atom stereocenters. The van der Waals surface area contributed by atoms with E-state index in [1.165, 1.54) is 0 Å². The fourth-order valence-corrected chi connectivity index (χ4v) is 8.95. The molecule has 1 atom stereocenters. The Kier molecular flexibility index (Phi) is 7.58. The summed E-state index contributed by atoms with van der Waals surface area (Å²) in [5, 5.41) is 3.01. The van der Waals surface area contributed by atoms with Crippen molar-refractivity contribution in [1.29, 1.82) is 0 Å². The van der Waals surface area contributed by atoms with E-state index in [1.807, 2.05) is 91.0 Å². The lowest BCUT2D eigenvalue weighted by Gasteiger charge is -2.32. The fraction of sp³-hybridized carbons (Fsp3) is 0.200. The van der Waals surface area contributed by atoms with Crippen LogP contribution in [0.2, 0.25) is 0 Å². The van der Waals surface area contributed by atoms with Gasteiger partial charge in [-0.3, -0.25) is 4.79 Å². The first-order chi connectivity index (χ1) is 14.5. The van der Waals surface area contributed by atoms with Crippen molar-refractivity contribution in [1.82, 2.24) is 0 Å². The summed E-state index contributed by atoms with van der Waals surface area (Å²) in [5.41, 5.74) is -0.938. The molecule has 0 saturated heterocycles. The van der Waals surface area contributed by atoms with Gasteiger partial charge in [0.05, 0.1) is 11.4 Å². The molecule has 0 aromatic heterocycles. The number of rotatable bonds is 8. The molecule has 3 aromatic rings. The van der Waals surface area contributed by atoms with Crippen LogP contribution in [0.15, 0.2) is 91.0 Å². The number of ether oxygens (including phenoxy) is 1. The van der Waals surface area contributed by atoms with Crippen LogP contribution < -0.4 is 15.9 Å². The highest BCUT2D eigenvalue weighted by atomic mass is 79.9. The molecule has 0 aliphatic rings. The summed E-state index contributed by atoms with van der Waals surface area (Å²) < 4.78 is 5.65. The van der Waals surface area contributed by atoms with Gasteiger partial charge in [-0.25, -0.2) is 4.79 Å². The number of carbonyl (C=O) groups is 2. The molecule has 3 nitrogen and oxygen atoms in total. The minimum atomic E-state index is -2.70. The Morgan fingerprint density at radius 3 is 1.43 bits per heavy atom. The normalized spacial score (nSPS) is 12.4. The standard InChI is InChI=1S/C25H25BrO3P/c1-19(2)29-25(28)24(23(27)18-26)30(20-12-6-3-7-13-20,21-14-8-4-9-15-21)22-16-10-5-11-17-22/h3-17,19,24H,18H2,1-2H3/q+1. The van der Waals surface area contributed by atoms with Crippen molar-refractivity contribution < 1.29 is 14.3 Å². The van der Waals surface area contributed by atoms with Gasteiger partial charge in [0.2, 0.25) is 5.66 Å². The summed E-state index contributed by atoms with van der Waals surface area (Å²) in [6, 6.07) is 29.7. The zero-order valence-corrected chi connectivity index (χ0v) is 19.6. The van der Waals surface area contributed by atoms with Crippen LogP contribution in [0.4, 0.5) is 0 Å². The number of benzene rings is 3. The minimum absolute atomic E-state index is 0.0825. The van der Waals surface area contributed by atoms with Crippen molar-refractivity contribution >= 4 is 50.9 Å². The number of alkyl halides is 1. The van der Waals surface area contributed by atoms with Crippen LogP contribution in [0.3, 0.4) is 0 Å². The van der Waals surface area contributed by atoms with E-state index in [2.05, 4.69) is 15.9 Å². The first-order valence-corrected chi connectivity index (χ1v) is 12.8. The van der Waals surface area contributed by atoms with E-state index >= 15 is 0 Å². The maximum atomic E-state index is 13.5. The van der Waals surface area contributed by atoms with Gasteiger partial charge >= 0.3 is 5.97 Å². The Morgan fingerprint density at radius 2 is 1.13 bits per heavy atom. The second-order valence-electron chi connectivity index (χ2n) is 7.22. The summed E-state index contributed by atoms with van der Waals surface area (Å²) in [6.45, 7) is 3.61. The molecule has 3 rings (SSSR count). The molecule has 0 heterocycles. The molecule has 0 radical (unpaired) electrons. The summed E-state index contributed by atoms with van der Waals surface area (Å²) in [4.78, 5) is 26.9. The number of hydrogen-bond donors (Lipinski definition) is 0. The van der Waals surface area contributed by atoms with Gasteiger partial charge < -0.3 is 4.74 Å². The average Bonchev–Trinajstić information content (AvgIpc) is 2.78.